The Morgan fingerprint density at radius 1 is 1.27 bits per heavy atom. The predicted octanol–water partition coefficient (Wildman–Crippen LogP) is 3.87. The lowest BCUT2D eigenvalue weighted by molar-refractivity contribution is 1.18. The maximum absolute atomic E-state index is 3.91. The molecule has 0 spiro atoms. The molecule has 0 aliphatic heterocycles. The molecule has 0 radical (unpaired) electrons. The normalized spacial score (nSPS) is 12.5. The van der Waals surface area contributed by atoms with E-state index in [2.05, 4.69) is 38.7 Å². The zero-order valence-corrected chi connectivity index (χ0v) is 7.85. The van der Waals surface area contributed by atoms with Crippen molar-refractivity contribution in [2.45, 2.75) is 33.6 Å². The zero-order valence-electron chi connectivity index (χ0n) is 7.85. The smallest absolute Gasteiger partial charge is 0.0276 e. The maximum atomic E-state index is 3.91. The Morgan fingerprint density at radius 2 is 1.91 bits per heavy atom. The Balaban J connectivity index is 4.23. The summed E-state index contributed by atoms with van der Waals surface area (Å²) in [5, 5.41) is 0. The van der Waals surface area contributed by atoms with Gasteiger partial charge in [-0.3, -0.25) is 0 Å². The predicted molar refractivity (Wildman–Crippen MR) is 52.6 cm³/mol. The molecule has 0 aromatic carbocycles. The van der Waals surface area contributed by atoms with E-state index in [1.807, 2.05) is 6.92 Å². The molecule has 0 heterocycles. The minimum atomic E-state index is 1.08. The molecule has 0 aliphatic rings. The fourth-order valence-electron chi connectivity index (χ4n) is 0.849. The van der Waals surface area contributed by atoms with Crippen molar-refractivity contribution < 1.29 is 0 Å². The zero-order chi connectivity index (χ0) is 8.69. The highest BCUT2D eigenvalue weighted by Crippen LogP contribution is 2.09. The summed E-state index contributed by atoms with van der Waals surface area (Å²) in [7, 11) is 0. The van der Waals surface area contributed by atoms with Gasteiger partial charge in [-0.1, -0.05) is 44.2 Å². The lowest BCUT2D eigenvalue weighted by Gasteiger charge is -1.98. The quantitative estimate of drug-likeness (QED) is 0.534. The second-order valence-electron chi connectivity index (χ2n) is 2.66. The lowest BCUT2D eigenvalue weighted by Crippen LogP contribution is -1.78. The number of hydrogen-bond donors (Lipinski definition) is 0. The van der Waals surface area contributed by atoms with E-state index in [1.165, 1.54) is 5.57 Å². The van der Waals surface area contributed by atoms with Gasteiger partial charge in [0.15, 0.2) is 0 Å². The molecule has 0 rings (SSSR count). The van der Waals surface area contributed by atoms with Gasteiger partial charge >= 0.3 is 0 Å². The average Bonchev–Trinajstić information content (AvgIpc) is 1.97. The third-order valence-corrected chi connectivity index (χ3v) is 1.45. The van der Waals surface area contributed by atoms with Crippen molar-refractivity contribution >= 4 is 0 Å². The third-order valence-electron chi connectivity index (χ3n) is 1.45. The van der Waals surface area contributed by atoms with Gasteiger partial charge in [0.2, 0.25) is 0 Å². The first-order valence-electron chi connectivity index (χ1n) is 4.24. The van der Waals surface area contributed by atoms with Crippen LogP contribution in [0.25, 0.3) is 0 Å². The van der Waals surface area contributed by atoms with Gasteiger partial charge in [0.25, 0.3) is 0 Å². The summed E-state index contributed by atoms with van der Waals surface area (Å²) in [6.45, 7) is 10.2. The van der Waals surface area contributed by atoms with Crippen LogP contribution in [0.5, 0.6) is 0 Å². The highest BCUT2D eigenvalue weighted by atomic mass is 13.9. The second kappa shape index (κ2) is 5.96. The molecule has 0 heteroatoms. The molecule has 0 unspecified atom stereocenters. The summed E-state index contributed by atoms with van der Waals surface area (Å²) < 4.78 is 0. The molecule has 0 atom stereocenters. The van der Waals surface area contributed by atoms with Crippen LogP contribution in [0.2, 0.25) is 0 Å². The minimum Gasteiger partial charge on any atom is -0.0955 e. The molecule has 0 fully saturated rings. The van der Waals surface area contributed by atoms with Crippen LogP contribution in [-0.2, 0) is 0 Å². The van der Waals surface area contributed by atoms with E-state index in [1.54, 1.807) is 0 Å². The number of allylic oxidation sites excluding steroid dienone is 5. The van der Waals surface area contributed by atoms with Gasteiger partial charge in [-0.2, -0.15) is 0 Å². The van der Waals surface area contributed by atoms with Gasteiger partial charge in [0, 0.05) is 0 Å². The lowest BCUT2D eigenvalue weighted by atomic mass is 10.1. The Labute approximate surface area is 70.3 Å². The summed E-state index contributed by atoms with van der Waals surface area (Å²) in [6.07, 6.45) is 8.68. The molecule has 0 saturated heterocycles. The first-order valence-corrected chi connectivity index (χ1v) is 4.24. The van der Waals surface area contributed by atoms with Crippen molar-refractivity contribution in [2.24, 2.45) is 0 Å². The van der Waals surface area contributed by atoms with Gasteiger partial charge in [0.05, 0.1) is 0 Å². The van der Waals surface area contributed by atoms with Crippen molar-refractivity contribution in [3.8, 4) is 0 Å². The Morgan fingerprint density at radius 3 is 2.27 bits per heavy atom. The van der Waals surface area contributed by atoms with E-state index in [9.17, 15) is 0 Å². The Bertz CT molecular complexity index is 170. The van der Waals surface area contributed by atoms with Crippen molar-refractivity contribution in [2.75, 3.05) is 0 Å². The first kappa shape index (κ1) is 10.2. The van der Waals surface area contributed by atoms with E-state index in [0.717, 1.165) is 18.4 Å². The van der Waals surface area contributed by atoms with E-state index < -0.39 is 0 Å². The van der Waals surface area contributed by atoms with Crippen molar-refractivity contribution in [3.63, 3.8) is 0 Å². The van der Waals surface area contributed by atoms with Gasteiger partial charge in [-0.05, 0) is 25.3 Å². The second-order valence-corrected chi connectivity index (χ2v) is 2.66. The number of rotatable bonds is 4. The molecular formula is C11H18. The van der Waals surface area contributed by atoms with Gasteiger partial charge in [-0.15, -0.1) is 0 Å². The molecule has 0 nitrogen and oxygen atoms in total. The van der Waals surface area contributed by atoms with Gasteiger partial charge in [0.1, 0.15) is 0 Å². The molecule has 0 aliphatic carbocycles. The Hall–Kier alpha value is -0.780. The van der Waals surface area contributed by atoms with Crippen molar-refractivity contribution in [1.82, 2.24) is 0 Å². The fraction of sp³-hybridized carbons (Fsp3) is 0.455. The largest absolute Gasteiger partial charge is 0.0955 e. The molecule has 0 saturated carbocycles. The van der Waals surface area contributed by atoms with Crippen LogP contribution in [0.3, 0.4) is 0 Å². The monoisotopic (exact) mass is 150 g/mol. The Kier molecular flexibility index (Phi) is 5.54. The topological polar surface area (TPSA) is 0 Å². The molecule has 0 amide bonds. The molecule has 0 aromatic heterocycles. The van der Waals surface area contributed by atoms with Gasteiger partial charge < -0.3 is 0 Å². The first-order chi connectivity index (χ1) is 5.22. The standard InChI is InChI=1S/C11H18/c1-5-7-9-11(8-6-2)10(3)4/h7-9H,3,5-6H2,1-2,4H3/b9-7-,11-8+. The highest BCUT2D eigenvalue weighted by molar-refractivity contribution is 5.36. The van der Waals surface area contributed by atoms with Gasteiger partial charge in [-0.25, -0.2) is 0 Å². The maximum Gasteiger partial charge on any atom is -0.0276 e. The summed E-state index contributed by atoms with van der Waals surface area (Å²) >= 11 is 0. The van der Waals surface area contributed by atoms with Crippen LogP contribution >= 0.6 is 0 Å². The van der Waals surface area contributed by atoms with E-state index in [0.29, 0.717) is 0 Å². The highest BCUT2D eigenvalue weighted by Gasteiger charge is 1.89. The summed E-state index contributed by atoms with van der Waals surface area (Å²) in [6, 6.07) is 0. The SMILES string of the molecule is C=C(C)C(/C=C\CC)=C/CC. The average molecular weight is 150 g/mol. The van der Waals surface area contributed by atoms with Crippen LogP contribution in [-0.4, -0.2) is 0 Å². The summed E-state index contributed by atoms with van der Waals surface area (Å²) in [4.78, 5) is 0. The van der Waals surface area contributed by atoms with Crippen molar-refractivity contribution in [1.29, 1.82) is 0 Å². The third kappa shape index (κ3) is 4.60. The molecule has 62 valence electrons. The summed E-state index contributed by atoms with van der Waals surface area (Å²) in [5.41, 5.74) is 2.42. The molecule has 0 N–H and O–H groups in total. The fourth-order valence-corrected chi connectivity index (χ4v) is 0.849. The molecular weight excluding hydrogens is 132 g/mol. The van der Waals surface area contributed by atoms with Crippen LogP contribution in [0.15, 0.2) is 36.0 Å². The molecule has 0 bridgehead atoms. The van der Waals surface area contributed by atoms with Crippen LogP contribution in [0.4, 0.5) is 0 Å². The van der Waals surface area contributed by atoms with E-state index in [-0.39, 0.29) is 0 Å². The van der Waals surface area contributed by atoms with E-state index in [4.69, 9.17) is 0 Å². The van der Waals surface area contributed by atoms with Crippen LogP contribution in [0.1, 0.15) is 33.6 Å². The van der Waals surface area contributed by atoms with E-state index >= 15 is 0 Å². The van der Waals surface area contributed by atoms with Crippen LogP contribution in [0, 0.1) is 0 Å². The summed E-state index contributed by atoms with van der Waals surface area (Å²) in [5.74, 6) is 0. The minimum absolute atomic E-state index is 1.08. The number of hydrogen-bond acceptors (Lipinski definition) is 0. The van der Waals surface area contributed by atoms with Crippen LogP contribution < -0.4 is 0 Å². The molecule has 11 heavy (non-hydrogen) atoms. The van der Waals surface area contributed by atoms with Crippen molar-refractivity contribution in [3.05, 3.63) is 36.0 Å². The molecule has 0 aromatic rings.